The summed E-state index contributed by atoms with van der Waals surface area (Å²) in [7, 11) is 0. The predicted octanol–water partition coefficient (Wildman–Crippen LogP) is 4.73. The number of thiazole rings is 1. The van der Waals surface area contributed by atoms with Crippen molar-refractivity contribution >= 4 is 45.3 Å². The van der Waals surface area contributed by atoms with Crippen molar-refractivity contribution in [3.63, 3.8) is 0 Å². The van der Waals surface area contributed by atoms with Crippen LogP contribution in [0.5, 0.6) is 0 Å². The van der Waals surface area contributed by atoms with Crippen LogP contribution in [0, 0.1) is 0 Å². The summed E-state index contributed by atoms with van der Waals surface area (Å²) in [6.45, 7) is 0.632. The van der Waals surface area contributed by atoms with Gasteiger partial charge in [-0.2, -0.15) is 0 Å². The van der Waals surface area contributed by atoms with Crippen molar-refractivity contribution < 1.29 is 14.0 Å². The van der Waals surface area contributed by atoms with Gasteiger partial charge < -0.3 is 14.5 Å². The molecule has 2 aromatic carbocycles. The lowest BCUT2D eigenvalue weighted by Gasteiger charge is -2.05. The molecule has 0 fully saturated rings. The Bertz CT molecular complexity index is 1130. The van der Waals surface area contributed by atoms with E-state index in [0.717, 1.165) is 34.2 Å². The molecule has 4 rings (SSSR count). The highest BCUT2D eigenvalue weighted by molar-refractivity contribution is 7.15. The Morgan fingerprint density at radius 1 is 1.14 bits per heavy atom. The van der Waals surface area contributed by atoms with E-state index in [1.54, 1.807) is 6.20 Å². The van der Waals surface area contributed by atoms with Crippen molar-refractivity contribution in [3.8, 4) is 0 Å². The molecule has 0 spiro atoms. The molecular weight excluding hydrogens is 386 g/mol. The van der Waals surface area contributed by atoms with Crippen molar-refractivity contribution in [3.05, 3.63) is 77.0 Å². The van der Waals surface area contributed by atoms with Crippen LogP contribution in [0.25, 0.3) is 11.0 Å². The molecule has 4 aromatic rings. The number of benzene rings is 2. The van der Waals surface area contributed by atoms with Gasteiger partial charge in [0, 0.05) is 41.5 Å². The quantitative estimate of drug-likeness (QED) is 0.327. The monoisotopic (exact) mass is 405 g/mol. The molecule has 0 unspecified atom stereocenters. The summed E-state index contributed by atoms with van der Waals surface area (Å²) in [5, 5.41) is 7.38. The maximum absolute atomic E-state index is 12.6. The van der Waals surface area contributed by atoms with Crippen LogP contribution in [0.4, 0.5) is 10.8 Å². The number of aromatic nitrogens is 1. The van der Waals surface area contributed by atoms with E-state index in [2.05, 4.69) is 15.6 Å². The summed E-state index contributed by atoms with van der Waals surface area (Å²) in [4.78, 5) is 28.3. The standard InChI is InChI=1S/C22H19N3O3S/c26-11-3-10-23-16-8-6-15(7-9-16)12-17-13-24-22(29-17)25-21(27)19-14-28-20-5-2-1-4-18(19)20/h1-2,4-9,11,13-14,23H,3,10,12H2,(H,24,25,27). The molecule has 6 nitrogen and oxygen atoms in total. The number of aldehydes is 1. The summed E-state index contributed by atoms with van der Waals surface area (Å²) in [6.07, 6.45) is 5.38. The molecule has 0 aliphatic carbocycles. The Hall–Kier alpha value is -3.45. The summed E-state index contributed by atoms with van der Waals surface area (Å²) in [5.41, 5.74) is 3.31. The topological polar surface area (TPSA) is 84.2 Å². The molecule has 1 amide bonds. The number of furan rings is 1. The molecule has 2 heterocycles. The van der Waals surface area contributed by atoms with Crippen molar-refractivity contribution in [1.29, 1.82) is 0 Å². The van der Waals surface area contributed by atoms with E-state index in [4.69, 9.17) is 4.42 Å². The van der Waals surface area contributed by atoms with Crippen LogP contribution in [-0.4, -0.2) is 23.7 Å². The first-order chi connectivity index (χ1) is 14.2. The van der Waals surface area contributed by atoms with Gasteiger partial charge in [-0.1, -0.05) is 30.3 Å². The zero-order valence-corrected chi connectivity index (χ0v) is 16.4. The minimum Gasteiger partial charge on any atom is -0.463 e. The van der Waals surface area contributed by atoms with Gasteiger partial charge in [-0.05, 0) is 23.8 Å². The highest BCUT2D eigenvalue weighted by Crippen LogP contribution is 2.25. The van der Waals surface area contributed by atoms with E-state index in [1.807, 2.05) is 48.5 Å². The Morgan fingerprint density at radius 2 is 1.97 bits per heavy atom. The first-order valence-corrected chi connectivity index (χ1v) is 10.0. The van der Waals surface area contributed by atoms with Gasteiger partial charge in [0.05, 0.1) is 5.56 Å². The number of hydrogen-bond acceptors (Lipinski definition) is 6. The number of carbonyl (C=O) groups is 2. The van der Waals surface area contributed by atoms with Crippen molar-refractivity contribution in [2.45, 2.75) is 12.8 Å². The molecule has 0 radical (unpaired) electrons. The second-order valence-corrected chi connectivity index (χ2v) is 7.60. The van der Waals surface area contributed by atoms with Crippen molar-refractivity contribution in [2.75, 3.05) is 17.2 Å². The normalized spacial score (nSPS) is 10.8. The van der Waals surface area contributed by atoms with Crippen LogP contribution in [0.1, 0.15) is 27.2 Å². The van der Waals surface area contributed by atoms with Crippen molar-refractivity contribution in [2.24, 2.45) is 0 Å². The fourth-order valence-electron chi connectivity index (χ4n) is 2.98. The van der Waals surface area contributed by atoms with E-state index in [-0.39, 0.29) is 5.91 Å². The number of rotatable bonds is 8. The fourth-order valence-corrected chi connectivity index (χ4v) is 3.82. The highest BCUT2D eigenvalue weighted by atomic mass is 32.1. The summed E-state index contributed by atoms with van der Waals surface area (Å²) in [5.74, 6) is -0.235. The molecule has 0 saturated heterocycles. The number of para-hydroxylation sites is 1. The maximum atomic E-state index is 12.6. The number of nitrogens with one attached hydrogen (secondary N) is 2. The van der Waals surface area contributed by atoms with Crippen LogP contribution in [0.3, 0.4) is 0 Å². The molecule has 0 saturated carbocycles. The lowest BCUT2D eigenvalue weighted by Crippen LogP contribution is -2.10. The molecule has 2 aromatic heterocycles. The van der Waals surface area contributed by atoms with Gasteiger partial charge >= 0.3 is 0 Å². The largest absolute Gasteiger partial charge is 0.463 e. The summed E-state index contributed by atoms with van der Waals surface area (Å²) >= 11 is 1.45. The predicted molar refractivity (Wildman–Crippen MR) is 115 cm³/mol. The Labute approximate surface area is 171 Å². The second kappa shape index (κ2) is 8.70. The lowest BCUT2D eigenvalue weighted by molar-refractivity contribution is -0.107. The van der Waals surface area contributed by atoms with Crippen LogP contribution in [0.2, 0.25) is 0 Å². The zero-order valence-electron chi connectivity index (χ0n) is 15.6. The Morgan fingerprint density at radius 3 is 2.79 bits per heavy atom. The van der Waals surface area contributed by atoms with Gasteiger partial charge in [0.1, 0.15) is 18.1 Å². The minimum absolute atomic E-state index is 0.235. The van der Waals surface area contributed by atoms with Crippen LogP contribution in [0.15, 0.2) is 65.4 Å². The van der Waals surface area contributed by atoms with Gasteiger partial charge in [-0.15, -0.1) is 11.3 Å². The molecule has 0 aliphatic rings. The van der Waals surface area contributed by atoms with E-state index in [1.165, 1.54) is 17.6 Å². The number of hydrogen-bond donors (Lipinski definition) is 2. The number of anilines is 2. The van der Waals surface area contributed by atoms with E-state index in [0.29, 0.717) is 29.2 Å². The lowest BCUT2D eigenvalue weighted by atomic mass is 10.1. The molecular formula is C22H19N3O3S. The average Bonchev–Trinajstić information content (AvgIpc) is 3.36. The highest BCUT2D eigenvalue weighted by Gasteiger charge is 2.15. The van der Waals surface area contributed by atoms with Crippen LogP contribution < -0.4 is 10.6 Å². The third-order valence-electron chi connectivity index (χ3n) is 4.42. The molecule has 0 atom stereocenters. The SMILES string of the molecule is O=CCCNc1ccc(Cc2cnc(NC(=O)c3coc4ccccc34)s2)cc1. The van der Waals surface area contributed by atoms with Gasteiger partial charge in [0.15, 0.2) is 5.13 Å². The van der Waals surface area contributed by atoms with Gasteiger partial charge in [-0.3, -0.25) is 10.1 Å². The van der Waals surface area contributed by atoms with E-state index in [9.17, 15) is 9.59 Å². The smallest absolute Gasteiger partial charge is 0.261 e. The summed E-state index contributed by atoms with van der Waals surface area (Å²) in [6, 6.07) is 15.5. The first-order valence-electron chi connectivity index (χ1n) is 9.21. The first kappa shape index (κ1) is 18.9. The molecule has 0 aliphatic heterocycles. The third kappa shape index (κ3) is 4.52. The van der Waals surface area contributed by atoms with Crippen LogP contribution in [-0.2, 0) is 11.2 Å². The zero-order chi connectivity index (χ0) is 20.1. The van der Waals surface area contributed by atoms with Gasteiger partial charge in [-0.25, -0.2) is 4.98 Å². The molecule has 2 N–H and O–H groups in total. The molecule has 0 bridgehead atoms. The van der Waals surface area contributed by atoms with Gasteiger partial charge in [0.25, 0.3) is 5.91 Å². The minimum atomic E-state index is -0.235. The van der Waals surface area contributed by atoms with E-state index < -0.39 is 0 Å². The Balaban J connectivity index is 1.38. The summed E-state index contributed by atoms with van der Waals surface area (Å²) < 4.78 is 5.43. The van der Waals surface area contributed by atoms with Crippen molar-refractivity contribution in [1.82, 2.24) is 4.98 Å². The van der Waals surface area contributed by atoms with Gasteiger partial charge in [0.2, 0.25) is 0 Å². The number of amides is 1. The maximum Gasteiger partial charge on any atom is 0.261 e. The third-order valence-corrected chi connectivity index (χ3v) is 5.34. The number of fused-ring (bicyclic) bond motifs is 1. The van der Waals surface area contributed by atoms with Crippen LogP contribution >= 0.6 is 11.3 Å². The Kier molecular flexibility index (Phi) is 5.67. The number of carbonyl (C=O) groups excluding carboxylic acids is 2. The van der Waals surface area contributed by atoms with E-state index >= 15 is 0 Å². The second-order valence-electron chi connectivity index (χ2n) is 6.49. The molecule has 29 heavy (non-hydrogen) atoms. The number of nitrogens with zero attached hydrogens (tertiary/aromatic N) is 1. The molecule has 7 heteroatoms. The fraction of sp³-hybridized carbons (Fsp3) is 0.136. The molecule has 146 valence electrons. The average molecular weight is 405 g/mol.